The molecule has 2 aromatic heterocycles. The van der Waals surface area contributed by atoms with Crippen molar-refractivity contribution in [2.75, 3.05) is 33.2 Å². The van der Waals surface area contributed by atoms with Gasteiger partial charge in [-0.05, 0) is 25.3 Å². The first-order chi connectivity index (χ1) is 11.7. The number of aromatic nitrogens is 1. The van der Waals surface area contributed by atoms with Crippen LogP contribution in [0.2, 0.25) is 0 Å². The number of nitrogens with one attached hydrogen (secondary N) is 1. The summed E-state index contributed by atoms with van der Waals surface area (Å²) >= 11 is 3.60. The van der Waals surface area contributed by atoms with Crippen LogP contribution < -0.4 is 5.32 Å². The van der Waals surface area contributed by atoms with Crippen molar-refractivity contribution in [1.82, 2.24) is 20.1 Å². The van der Waals surface area contributed by atoms with E-state index >= 15 is 0 Å². The van der Waals surface area contributed by atoms with Crippen molar-refractivity contribution >= 4 is 52.6 Å². The third-order valence-corrected chi connectivity index (χ3v) is 6.25. The van der Waals surface area contributed by atoms with Gasteiger partial charge < -0.3 is 10.2 Å². The minimum Gasteiger partial charge on any atom is -0.350 e. The van der Waals surface area contributed by atoms with Crippen LogP contribution in [0.3, 0.4) is 0 Å². The van der Waals surface area contributed by atoms with Gasteiger partial charge in [0.2, 0.25) is 0 Å². The Balaban J connectivity index is 0.00000225. The Hall–Kier alpha value is -0.710. The Morgan fingerprint density at radius 2 is 2.04 bits per heavy atom. The molecule has 0 unspecified atom stereocenters. The first-order valence-corrected chi connectivity index (χ1v) is 9.98. The number of hydrogen-bond donors (Lipinski definition) is 1. The fourth-order valence-corrected chi connectivity index (χ4v) is 4.46. The van der Waals surface area contributed by atoms with E-state index in [2.05, 4.69) is 56.5 Å². The third-order valence-electron chi connectivity index (χ3n) is 4.31. The van der Waals surface area contributed by atoms with Crippen LogP contribution in [0.25, 0.3) is 0 Å². The van der Waals surface area contributed by atoms with Crippen LogP contribution >= 0.6 is 46.7 Å². The van der Waals surface area contributed by atoms with Crippen molar-refractivity contribution in [3.05, 3.63) is 38.0 Å². The zero-order valence-corrected chi connectivity index (χ0v) is 19.0. The molecule has 1 fully saturated rings. The van der Waals surface area contributed by atoms with Crippen molar-refractivity contribution in [2.24, 2.45) is 4.99 Å². The van der Waals surface area contributed by atoms with E-state index in [1.807, 2.05) is 18.4 Å². The number of nitrogens with zero attached hydrogens (tertiary/aromatic N) is 4. The molecule has 1 saturated heterocycles. The summed E-state index contributed by atoms with van der Waals surface area (Å²) in [7, 11) is 1.86. The van der Waals surface area contributed by atoms with Gasteiger partial charge in [-0.2, -0.15) is 0 Å². The molecule has 2 aromatic rings. The molecule has 1 aliphatic heterocycles. The number of hydrogen-bond acceptors (Lipinski definition) is 5. The molecule has 0 amide bonds. The number of rotatable bonds is 4. The Bertz CT molecular complexity index is 656. The van der Waals surface area contributed by atoms with Gasteiger partial charge in [0.05, 0.1) is 12.2 Å². The van der Waals surface area contributed by atoms with Crippen molar-refractivity contribution in [3.8, 4) is 0 Å². The van der Waals surface area contributed by atoms with Gasteiger partial charge >= 0.3 is 0 Å². The van der Waals surface area contributed by atoms with Gasteiger partial charge in [0.1, 0.15) is 5.01 Å². The van der Waals surface area contributed by atoms with Crippen LogP contribution in [0.15, 0.2) is 22.5 Å². The molecule has 0 bridgehead atoms. The van der Waals surface area contributed by atoms with Gasteiger partial charge in [0.15, 0.2) is 5.96 Å². The second-order valence-corrected chi connectivity index (χ2v) is 8.31. The van der Waals surface area contributed by atoms with E-state index in [1.165, 1.54) is 9.75 Å². The van der Waals surface area contributed by atoms with Crippen LogP contribution in [-0.2, 0) is 13.1 Å². The van der Waals surface area contributed by atoms with Gasteiger partial charge in [-0.1, -0.05) is 6.07 Å². The summed E-state index contributed by atoms with van der Waals surface area (Å²) in [5, 5.41) is 6.74. The first-order valence-electron chi connectivity index (χ1n) is 8.29. The highest BCUT2D eigenvalue weighted by molar-refractivity contribution is 14.0. The number of aliphatic imine (C=N–C) groups is 1. The number of guanidine groups is 1. The number of thiazole rings is 1. The fourth-order valence-electron chi connectivity index (χ4n) is 2.84. The largest absolute Gasteiger partial charge is 0.350 e. The topological polar surface area (TPSA) is 43.8 Å². The predicted octanol–water partition coefficient (Wildman–Crippen LogP) is 3.33. The molecule has 3 heterocycles. The number of thiophene rings is 1. The van der Waals surface area contributed by atoms with Crippen LogP contribution in [0, 0.1) is 13.8 Å². The van der Waals surface area contributed by atoms with Crippen LogP contribution in [0.1, 0.15) is 20.5 Å². The van der Waals surface area contributed by atoms with Crippen LogP contribution in [0.4, 0.5) is 0 Å². The standard InChI is InChI=1S/C17H25N5S2.HI/c1-13-14(2)24-16(20-13)11-19-17(18-3)22-8-6-21(7-9-22)12-15-5-4-10-23-15;/h4-5,10H,6-9,11-12H2,1-3H3,(H,18,19);1H. The number of aryl methyl sites for hydroxylation is 2. The van der Waals surface area contributed by atoms with Crippen molar-refractivity contribution in [3.63, 3.8) is 0 Å². The SMILES string of the molecule is CN=C(NCc1nc(C)c(C)s1)N1CCN(Cc2cccs2)CC1.I. The summed E-state index contributed by atoms with van der Waals surface area (Å²) in [6, 6.07) is 4.35. The highest BCUT2D eigenvalue weighted by atomic mass is 127. The summed E-state index contributed by atoms with van der Waals surface area (Å²) in [6.07, 6.45) is 0. The van der Waals surface area contributed by atoms with Crippen molar-refractivity contribution in [2.45, 2.75) is 26.9 Å². The maximum absolute atomic E-state index is 4.59. The molecule has 3 rings (SSSR count). The van der Waals surface area contributed by atoms with E-state index in [1.54, 1.807) is 11.3 Å². The zero-order chi connectivity index (χ0) is 16.9. The van der Waals surface area contributed by atoms with Crippen molar-refractivity contribution in [1.29, 1.82) is 0 Å². The molecule has 25 heavy (non-hydrogen) atoms. The van der Waals surface area contributed by atoms with Crippen LogP contribution in [0.5, 0.6) is 0 Å². The van der Waals surface area contributed by atoms with Gasteiger partial charge in [-0.3, -0.25) is 9.89 Å². The van der Waals surface area contributed by atoms with E-state index in [4.69, 9.17) is 0 Å². The van der Waals surface area contributed by atoms with Gasteiger partial charge in [0.25, 0.3) is 0 Å². The third kappa shape index (κ3) is 5.63. The van der Waals surface area contributed by atoms with Crippen molar-refractivity contribution < 1.29 is 0 Å². The van der Waals surface area contributed by atoms with E-state index in [0.717, 1.165) is 55.9 Å². The number of halogens is 1. The minimum atomic E-state index is 0. The normalized spacial score (nSPS) is 16.0. The second-order valence-electron chi connectivity index (χ2n) is 5.99. The van der Waals surface area contributed by atoms with Gasteiger partial charge in [-0.25, -0.2) is 4.98 Å². The maximum Gasteiger partial charge on any atom is 0.194 e. The lowest BCUT2D eigenvalue weighted by molar-refractivity contribution is 0.173. The smallest absolute Gasteiger partial charge is 0.194 e. The molecular weight excluding hydrogens is 465 g/mol. The average Bonchev–Trinajstić information content (AvgIpc) is 3.20. The molecule has 138 valence electrons. The molecule has 1 N–H and O–H groups in total. The Morgan fingerprint density at radius 1 is 1.28 bits per heavy atom. The summed E-state index contributed by atoms with van der Waals surface area (Å²) in [6.45, 7) is 10.2. The first kappa shape index (κ1) is 20.6. The molecule has 8 heteroatoms. The lowest BCUT2D eigenvalue weighted by atomic mass is 10.3. The molecule has 0 saturated carbocycles. The Labute approximate surface area is 175 Å². The zero-order valence-electron chi connectivity index (χ0n) is 15.0. The molecule has 0 radical (unpaired) electrons. The molecule has 0 atom stereocenters. The summed E-state index contributed by atoms with van der Waals surface area (Å²) in [5.41, 5.74) is 1.13. The maximum atomic E-state index is 4.59. The fraction of sp³-hybridized carbons (Fsp3) is 0.529. The lowest BCUT2D eigenvalue weighted by Crippen LogP contribution is -2.51. The van der Waals surface area contributed by atoms with Crippen LogP contribution in [-0.4, -0.2) is 54.0 Å². The monoisotopic (exact) mass is 491 g/mol. The predicted molar refractivity (Wildman–Crippen MR) is 118 cm³/mol. The summed E-state index contributed by atoms with van der Waals surface area (Å²) < 4.78 is 0. The average molecular weight is 491 g/mol. The van der Waals surface area contributed by atoms with E-state index < -0.39 is 0 Å². The van der Waals surface area contributed by atoms with E-state index in [-0.39, 0.29) is 24.0 Å². The molecule has 1 aliphatic rings. The van der Waals surface area contributed by atoms with Gasteiger partial charge in [-0.15, -0.1) is 46.7 Å². The molecule has 5 nitrogen and oxygen atoms in total. The number of piperazine rings is 1. The highest BCUT2D eigenvalue weighted by Gasteiger charge is 2.20. The molecule has 0 aromatic carbocycles. The highest BCUT2D eigenvalue weighted by Crippen LogP contribution is 2.16. The van der Waals surface area contributed by atoms with E-state index in [0.29, 0.717) is 0 Å². The van der Waals surface area contributed by atoms with E-state index in [9.17, 15) is 0 Å². The Kier molecular flexibility index (Phi) is 8.11. The summed E-state index contributed by atoms with van der Waals surface area (Å²) in [5.74, 6) is 0.983. The molecule has 0 spiro atoms. The van der Waals surface area contributed by atoms with Gasteiger partial charge in [0, 0.05) is 49.5 Å². The summed E-state index contributed by atoms with van der Waals surface area (Å²) in [4.78, 5) is 16.6. The quantitative estimate of drug-likeness (QED) is 0.405. The molecular formula is C17H26IN5S2. The Morgan fingerprint density at radius 3 is 2.60 bits per heavy atom. The molecule has 0 aliphatic carbocycles. The second kappa shape index (κ2) is 9.84. The lowest BCUT2D eigenvalue weighted by Gasteiger charge is -2.36. The minimum absolute atomic E-state index is 0.